The van der Waals surface area contributed by atoms with Crippen LogP contribution in [-0.2, 0) is 10.0 Å². The van der Waals surface area contributed by atoms with Crippen LogP contribution in [0.25, 0.3) is 0 Å². The van der Waals surface area contributed by atoms with E-state index in [4.69, 9.17) is 5.11 Å². The van der Waals surface area contributed by atoms with Crippen LogP contribution >= 0.6 is 0 Å². The van der Waals surface area contributed by atoms with Gasteiger partial charge in [-0.2, -0.15) is 4.98 Å². The highest BCUT2D eigenvalue weighted by atomic mass is 32.2. The van der Waals surface area contributed by atoms with Crippen LogP contribution in [0.3, 0.4) is 0 Å². The molecular formula is C27H34F2N6O5S. The second-order valence-corrected chi connectivity index (χ2v) is 13.0. The van der Waals surface area contributed by atoms with Gasteiger partial charge in [-0.15, -0.1) is 0 Å². The van der Waals surface area contributed by atoms with E-state index in [1.807, 2.05) is 9.62 Å². The number of hydrogen-bond acceptors (Lipinski definition) is 9. The lowest BCUT2D eigenvalue weighted by Crippen LogP contribution is -2.40. The van der Waals surface area contributed by atoms with Crippen LogP contribution < -0.4 is 19.8 Å². The number of alkyl halides is 2. The van der Waals surface area contributed by atoms with E-state index in [0.717, 1.165) is 12.8 Å². The van der Waals surface area contributed by atoms with Gasteiger partial charge in [0.15, 0.2) is 0 Å². The van der Waals surface area contributed by atoms with Crippen molar-refractivity contribution in [2.24, 2.45) is 5.41 Å². The molecule has 1 aliphatic carbocycles. The van der Waals surface area contributed by atoms with E-state index < -0.39 is 40.1 Å². The lowest BCUT2D eigenvalue weighted by Gasteiger charge is -2.35. The number of benzene rings is 1. The van der Waals surface area contributed by atoms with Gasteiger partial charge in [-0.05, 0) is 56.2 Å². The molecule has 1 saturated carbocycles. The number of aryl methyl sites for hydroxylation is 1. The van der Waals surface area contributed by atoms with Crippen molar-refractivity contribution in [1.29, 1.82) is 0 Å². The molecule has 41 heavy (non-hydrogen) atoms. The number of nitrogens with zero attached hydrogens (tertiary/aromatic N) is 4. The topological polar surface area (TPSA) is 145 Å². The van der Waals surface area contributed by atoms with Gasteiger partial charge in [0, 0.05) is 56.3 Å². The van der Waals surface area contributed by atoms with Crippen LogP contribution in [0.4, 0.5) is 26.2 Å². The minimum Gasteiger partial charge on any atom is -0.395 e. The molecule has 5 rings (SSSR count). The van der Waals surface area contributed by atoms with Crippen LogP contribution in [0.15, 0.2) is 24.3 Å². The zero-order chi connectivity index (χ0) is 29.4. The predicted octanol–water partition coefficient (Wildman–Crippen LogP) is 2.71. The van der Waals surface area contributed by atoms with Gasteiger partial charge in [-0.3, -0.25) is 9.59 Å². The van der Waals surface area contributed by atoms with Crippen molar-refractivity contribution >= 4 is 39.3 Å². The fourth-order valence-corrected chi connectivity index (χ4v) is 6.12. The van der Waals surface area contributed by atoms with Gasteiger partial charge in [-0.25, -0.2) is 26.9 Å². The van der Waals surface area contributed by atoms with Gasteiger partial charge in [0.25, 0.3) is 17.7 Å². The number of aliphatic hydroxyl groups is 1. The number of anilines is 3. The van der Waals surface area contributed by atoms with Crippen LogP contribution in [0.5, 0.6) is 0 Å². The smallest absolute Gasteiger partial charge is 0.264 e. The molecule has 222 valence electrons. The summed E-state index contributed by atoms with van der Waals surface area (Å²) in [6, 6.07) is 5.94. The highest BCUT2D eigenvalue weighted by Gasteiger charge is 2.44. The van der Waals surface area contributed by atoms with Crippen molar-refractivity contribution < 1.29 is 31.9 Å². The summed E-state index contributed by atoms with van der Waals surface area (Å²) in [4.78, 5) is 38.8. The maximum absolute atomic E-state index is 13.6. The van der Waals surface area contributed by atoms with Crippen LogP contribution in [0.1, 0.15) is 64.9 Å². The zero-order valence-electron chi connectivity index (χ0n) is 22.8. The molecule has 3 aliphatic rings. The van der Waals surface area contributed by atoms with Gasteiger partial charge in [0.05, 0.1) is 23.6 Å². The molecule has 0 unspecified atom stereocenters. The number of carbonyl (C=O) groups excluding carboxylic acids is 2. The molecule has 1 aromatic heterocycles. The van der Waals surface area contributed by atoms with Crippen LogP contribution in [-0.4, -0.2) is 79.8 Å². The zero-order valence-corrected chi connectivity index (χ0v) is 23.6. The molecule has 0 atom stereocenters. The number of aromatic nitrogens is 2. The van der Waals surface area contributed by atoms with Crippen molar-refractivity contribution in [1.82, 2.24) is 14.7 Å². The van der Waals surface area contributed by atoms with E-state index >= 15 is 0 Å². The van der Waals surface area contributed by atoms with Crippen LogP contribution in [0.2, 0.25) is 0 Å². The average molecular weight is 593 g/mol. The molecule has 1 spiro atoms. The first-order chi connectivity index (χ1) is 19.4. The van der Waals surface area contributed by atoms with E-state index in [1.165, 1.54) is 31.0 Å². The molecular weight excluding hydrogens is 558 g/mol. The van der Waals surface area contributed by atoms with E-state index in [9.17, 15) is 26.8 Å². The second kappa shape index (κ2) is 11.1. The van der Waals surface area contributed by atoms with Gasteiger partial charge in [0.1, 0.15) is 5.82 Å². The Morgan fingerprint density at radius 3 is 2.24 bits per heavy atom. The fraction of sp³-hybridized carbons (Fsp3) is 0.556. The Labute approximate surface area is 237 Å². The van der Waals surface area contributed by atoms with Crippen LogP contribution in [0, 0.1) is 12.3 Å². The largest absolute Gasteiger partial charge is 0.395 e. The van der Waals surface area contributed by atoms with E-state index in [-0.39, 0.29) is 48.8 Å². The molecule has 14 heteroatoms. The summed E-state index contributed by atoms with van der Waals surface area (Å²) in [5.74, 6) is -4.19. The normalized spacial score (nSPS) is 19.6. The number of hydrogen-bond donors (Lipinski definition) is 3. The Bertz CT molecular complexity index is 1430. The monoisotopic (exact) mass is 592 g/mol. The summed E-state index contributed by atoms with van der Waals surface area (Å²) in [6.07, 6.45) is 3.69. The Morgan fingerprint density at radius 2 is 1.61 bits per heavy atom. The van der Waals surface area contributed by atoms with Gasteiger partial charge in [-0.1, -0.05) is 0 Å². The quantitative estimate of drug-likeness (QED) is 0.421. The maximum atomic E-state index is 13.6. The molecule has 2 saturated heterocycles. The number of amides is 2. The Balaban J connectivity index is 1.39. The van der Waals surface area contributed by atoms with E-state index in [2.05, 4.69) is 15.3 Å². The summed E-state index contributed by atoms with van der Waals surface area (Å²) in [6.45, 7) is 2.67. The Morgan fingerprint density at radius 1 is 0.951 bits per heavy atom. The van der Waals surface area contributed by atoms with Gasteiger partial charge >= 0.3 is 0 Å². The molecule has 0 radical (unpaired) electrons. The minimum absolute atomic E-state index is 0.0619. The third-order valence-corrected chi connectivity index (χ3v) is 9.31. The fourth-order valence-electron chi connectivity index (χ4n) is 5.37. The lowest BCUT2D eigenvalue weighted by molar-refractivity contribution is -0.0222. The highest BCUT2D eigenvalue weighted by molar-refractivity contribution is 7.90. The molecule has 0 bridgehead atoms. The summed E-state index contributed by atoms with van der Waals surface area (Å²) in [7, 11) is -4.02. The Hall–Kier alpha value is -3.39. The third kappa shape index (κ3) is 6.92. The molecule has 3 fully saturated rings. The number of nitrogens with one attached hydrogen (secondary N) is 2. The number of rotatable bonds is 8. The molecule has 1 aromatic carbocycles. The molecule has 2 amide bonds. The summed E-state index contributed by atoms with van der Waals surface area (Å²) < 4.78 is 53.3. The minimum atomic E-state index is -4.02. The molecule has 11 nitrogen and oxygen atoms in total. The number of halogens is 2. The van der Waals surface area contributed by atoms with E-state index in [0.29, 0.717) is 29.9 Å². The molecule has 3 heterocycles. The number of aliphatic hydroxyl groups excluding tert-OH is 1. The molecule has 3 N–H and O–H groups in total. The summed E-state index contributed by atoms with van der Waals surface area (Å²) >= 11 is 0. The molecule has 2 aromatic rings. The summed E-state index contributed by atoms with van der Waals surface area (Å²) in [5.41, 5.74) is 1.76. The van der Waals surface area contributed by atoms with Crippen molar-refractivity contribution in [2.75, 3.05) is 53.7 Å². The number of sulfonamides is 1. The standard InChI is InChI=1S/C27H34F2N6O5S/c1-18-16-22(32-25(30-18)35-12-8-27(28,29)9-13-35)31-24(38)20-3-2-19(23(37)33-41(39,40)15-14-36)17-21(20)34-10-6-26(4-5-26)7-11-34/h2-3,16-17,36H,4-15H2,1H3,(H,33,37)(H,30,31,32,38). The van der Waals surface area contributed by atoms with Crippen molar-refractivity contribution in [2.45, 2.75) is 51.4 Å². The van der Waals surface area contributed by atoms with Gasteiger partial charge < -0.3 is 20.2 Å². The molecule has 2 aliphatic heterocycles. The maximum Gasteiger partial charge on any atom is 0.264 e. The van der Waals surface area contributed by atoms with Crippen molar-refractivity contribution in [3.8, 4) is 0 Å². The highest BCUT2D eigenvalue weighted by Crippen LogP contribution is 2.54. The average Bonchev–Trinajstić information content (AvgIpc) is 3.66. The van der Waals surface area contributed by atoms with Crippen molar-refractivity contribution in [3.63, 3.8) is 0 Å². The summed E-state index contributed by atoms with van der Waals surface area (Å²) in [5, 5.41) is 11.8. The first-order valence-electron chi connectivity index (χ1n) is 13.7. The first kappa shape index (κ1) is 29.1. The first-order valence-corrected chi connectivity index (χ1v) is 15.4. The van der Waals surface area contributed by atoms with Gasteiger partial charge in [0.2, 0.25) is 16.0 Å². The van der Waals surface area contributed by atoms with Crippen molar-refractivity contribution in [3.05, 3.63) is 41.1 Å². The Kier molecular flexibility index (Phi) is 7.90. The lowest BCUT2D eigenvalue weighted by atomic mass is 9.92. The third-order valence-electron chi connectivity index (χ3n) is 8.10. The SMILES string of the molecule is Cc1cc(NC(=O)c2ccc(C(=O)NS(=O)(=O)CCO)cc2N2CCC3(CC2)CC3)nc(N2CCC(F)(F)CC2)n1. The number of piperidine rings is 2. The predicted molar refractivity (Wildman–Crippen MR) is 149 cm³/mol. The number of carbonyl (C=O) groups is 2. The van der Waals surface area contributed by atoms with E-state index in [1.54, 1.807) is 17.9 Å². The second-order valence-electron chi connectivity index (χ2n) is 11.2.